The molecule has 1 aromatic heterocycles. The van der Waals surface area contributed by atoms with Crippen molar-refractivity contribution < 1.29 is 14.3 Å². The van der Waals surface area contributed by atoms with Crippen LogP contribution >= 0.6 is 0 Å². The molecule has 1 fully saturated rings. The second-order valence-corrected chi connectivity index (χ2v) is 9.44. The smallest absolute Gasteiger partial charge is 0.321 e. The molecule has 5 rings (SSSR count). The number of piperidine rings is 1. The largest absolute Gasteiger partial charge is 0.492 e. The van der Waals surface area contributed by atoms with Crippen LogP contribution in [-0.2, 0) is 13.1 Å². The number of aryl methyl sites for hydroxylation is 1. The average molecular weight is 485 g/mol. The number of para-hydroxylation sites is 2. The number of carbonyl (C=O) groups is 2. The van der Waals surface area contributed by atoms with E-state index in [0.717, 1.165) is 24.2 Å². The van der Waals surface area contributed by atoms with Crippen LogP contribution in [0.25, 0.3) is 0 Å². The van der Waals surface area contributed by atoms with Gasteiger partial charge in [-0.3, -0.25) is 9.78 Å². The van der Waals surface area contributed by atoms with Crippen LogP contribution in [0.5, 0.6) is 5.75 Å². The number of hydrogen-bond donors (Lipinski definition) is 1. The van der Waals surface area contributed by atoms with Crippen LogP contribution in [0.2, 0.25) is 0 Å². The summed E-state index contributed by atoms with van der Waals surface area (Å²) in [5.41, 5.74) is 5.53. The van der Waals surface area contributed by atoms with Crippen molar-refractivity contribution in [3.8, 4) is 5.75 Å². The molecule has 0 saturated carbocycles. The lowest BCUT2D eigenvalue weighted by molar-refractivity contribution is 0.0748. The Morgan fingerprint density at radius 1 is 0.944 bits per heavy atom. The van der Waals surface area contributed by atoms with Gasteiger partial charge in [0.1, 0.15) is 5.75 Å². The Kier molecular flexibility index (Phi) is 6.89. The van der Waals surface area contributed by atoms with Crippen LogP contribution in [0.4, 0.5) is 10.5 Å². The van der Waals surface area contributed by atoms with Crippen molar-refractivity contribution in [3.63, 3.8) is 0 Å². The Balaban J connectivity index is 1.26. The molecule has 0 bridgehead atoms. The summed E-state index contributed by atoms with van der Waals surface area (Å²) in [6.45, 7) is 6.88. The molecule has 2 aliphatic rings. The fourth-order valence-corrected chi connectivity index (χ4v) is 5.12. The van der Waals surface area contributed by atoms with Crippen LogP contribution in [0.1, 0.15) is 58.6 Å². The lowest BCUT2D eigenvalue weighted by atomic mass is 9.89. The SMILES string of the molecule is CCOc1ccccc1NC(=O)N1CCC(c2nc(C)ccc2C(=O)N2Cc3ccccc3C2)CC1. The maximum Gasteiger partial charge on any atom is 0.321 e. The quantitative estimate of drug-likeness (QED) is 0.529. The predicted octanol–water partition coefficient (Wildman–Crippen LogP) is 5.36. The Morgan fingerprint density at radius 2 is 1.61 bits per heavy atom. The summed E-state index contributed by atoms with van der Waals surface area (Å²) in [6.07, 6.45) is 1.52. The maximum absolute atomic E-state index is 13.6. The molecule has 0 unspecified atom stereocenters. The van der Waals surface area contributed by atoms with E-state index in [1.807, 2.05) is 72.2 Å². The molecule has 2 aliphatic heterocycles. The van der Waals surface area contributed by atoms with Gasteiger partial charge in [-0.1, -0.05) is 36.4 Å². The number of pyridine rings is 1. The molecule has 3 aromatic rings. The number of benzene rings is 2. The number of hydrogen-bond acceptors (Lipinski definition) is 4. The van der Waals surface area contributed by atoms with Gasteiger partial charge in [-0.15, -0.1) is 0 Å². The van der Waals surface area contributed by atoms with Crippen molar-refractivity contribution in [1.29, 1.82) is 0 Å². The molecule has 1 saturated heterocycles. The van der Waals surface area contributed by atoms with Crippen LogP contribution in [0.15, 0.2) is 60.7 Å². The zero-order chi connectivity index (χ0) is 25.1. The first-order valence-corrected chi connectivity index (χ1v) is 12.6. The zero-order valence-corrected chi connectivity index (χ0v) is 20.9. The summed E-state index contributed by atoms with van der Waals surface area (Å²) in [4.78, 5) is 35.1. The van der Waals surface area contributed by atoms with E-state index < -0.39 is 0 Å². The number of nitrogens with zero attached hydrogens (tertiary/aromatic N) is 3. The Bertz CT molecular complexity index is 1240. The van der Waals surface area contributed by atoms with E-state index in [-0.39, 0.29) is 17.9 Å². The predicted molar refractivity (Wildman–Crippen MR) is 139 cm³/mol. The van der Waals surface area contributed by atoms with Gasteiger partial charge in [-0.05, 0) is 62.1 Å². The first-order chi connectivity index (χ1) is 17.5. The van der Waals surface area contributed by atoms with E-state index >= 15 is 0 Å². The third-order valence-corrected chi connectivity index (χ3v) is 7.02. The number of urea groups is 1. The number of anilines is 1. The van der Waals surface area contributed by atoms with Gasteiger partial charge in [-0.25, -0.2) is 4.79 Å². The summed E-state index contributed by atoms with van der Waals surface area (Å²) in [5, 5.41) is 2.99. The van der Waals surface area contributed by atoms with E-state index in [4.69, 9.17) is 9.72 Å². The topological polar surface area (TPSA) is 74.8 Å². The van der Waals surface area contributed by atoms with Crippen LogP contribution in [0, 0.1) is 6.92 Å². The first kappa shape index (κ1) is 23.9. The van der Waals surface area contributed by atoms with Crippen molar-refractivity contribution in [1.82, 2.24) is 14.8 Å². The van der Waals surface area contributed by atoms with Crippen LogP contribution < -0.4 is 10.1 Å². The minimum Gasteiger partial charge on any atom is -0.492 e. The van der Waals surface area contributed by atoms with Gasteiger partial charge in [0.2, 0.25) is 0 Å². The highest BCUT2D eigenvalue weighted by molar-refractivity contribution is 5.96. The fraction of sp³-hybridized carbons (Fsp3) is 0.345. The third kappa shape index (κ3) is 4.91. The number of nitrogens with one attached hydrogen (secondary N) is 1. The molecule has 0 atom stereocenters. The van der Waals surface area contributed by atoms with Crippen molar-refractivity contribution in [2.24, 2.45) is 0 Å². The molecule has 1 N–H and O–H groups in total. The number of fused-ring (bicyclic) bond motifs is 1. The molecule has 2 aromatic carbocycles. The molecule has 3 heterocycles. The van der Waals surface area contributed by atoms with Gasteiger partial charge in [0, 0.05) is 37.8 Å². The van der Waals surface area contributed by atoms with Crippen molar-refractivity contribution in [3.05, 3.63) is 88.7 Å². The van der Waals surface area contributed by atoms with Crippen molar-refractivity contribution >= 4 is 17.6 Å². The van der Waals surface area contributed by atoms with Gasteiger partial charge in [0.25, 0.3) is 5.91 Å². The normalized spacial score (nSPS) is 15.5. The van der Waals surface area contributed by atoms with Gasteiger partial charge < -0.3 is 19.9 Å². The third-order valence-electron chi connectivity index (χ3n) is 7.02. The number of aromatic nitrogens is 1. The molecule has 36 heavy (non-hydrogen) atoms. The molecule has 3 amide bonds. The molecule has 186 valence electrons. The van der Waals surface area contributed by atoms with Gasteiger partial charge in [0.05, 0.1) is 23.6 Å². The second kappa shape index (κ2) is 10.4. The average Bonchev–Trinajstić information content (AvgIpc) is 3.34. The van der Waals surface area contributed by atoms with E-state index in [1.165, 1.54) is 11.1 Å². The summed E-state index contributed by atoms with van der Waals surface area (Å²) < 4.78 is 5.63. The molecule has 7 heteroatoms. The minimum absolute atomic E-state index is 0.0291. The highest BCUT2D eigenvalue weighted by Gasteiger charge is 2.31. The van der Waals surface area contributed by atoms with Crippen LogP contribution in [0.3, 0.4) is 0 Å². The molecule has 0 radical (unpaired) electrons. The summed E-state index contributed by atoms with van der Waals surface area (Å²) >= 11 is 0. The van der Waals surface area contributed by atoms with Crippen LogP contribution in [-0.4, -0.2) is 46.4 Å². The highest BCUT2D eigenvalue weighted by atomic mass is 16.5. The maximum atomic E-state index is 13.6. The molecule has 0 aliphatic carbocycles. The number of carbonyl (C=O) groups excluding carboxylic acids is 2. The lowest BCUT2D eigenvalue weighted by Crippen LogP contribution is -2.41. The Hall–Kier alpha value is -3.87. The number of likely N-dealkylation sites (tertiary alicyclic amines) is 1. The molecule has 0 spiro atoms. The van der Waals surface area contributed by atoms with E-state index in [0.29, 0.717) is 49.8 Å². The second-order valence-electron chi connectivity index (χ2n) is 9.44. The van der Waals surface area contributed by atoms with Gasteiger partial charge >= 0.3 is 6.03 Å². The van der Waals surface area contributed by atoms with Gasteiger partial charge in [0.15, 0.2) is 0 Å². The van der Waals surface area contributed by atoms with Gasteiger partial charge in [-0.2, -0.15) is 0 Å². The molecular weight excluding hydrogens is 452 g/mol. The van der Waals surface area contributed by atoms with E-state index in [9.17, 15) is 9.59 Å². The summed E-state index contributed by atoms with van der Waals surface area (Å²) in [7, 11) is 0. The number of rotatable bonds is 5. The lowest BCUT2D eigenvalue weighted by Gasteiger charge is -2.33. The number of ether oxygens (including phenoxy) is 1. The molecular formula is C29H32N4O3. The zero-order valence-electron chi connectivity index (χ0n) is 20.9. The Labute approximate surface area is 212 Å². The monoisotopic (exact) mass is 484 g/mol. The summed E-state index contributed by atoms with van der Waals surface area (Å²) in [5.74, 6) is 0.828. The van der Waals surface area contributed by atoms with Crippen molar-refractivity contribution in [2.75, 3.05) is 25.0 Å². The summed E-state index contributed by atoms with van der Waals surface area (Å²) in [6, 6.07) is 19.4. The standard InChI is InChI=1S/C29H32N4O3/c1-3-36-26-11-7-6-10-25(26)31-29(35)32-16-14-21(15-17-32)27-24(13-12-20(2)30-27)28(34)33-18-22-8-4-5-9-23(22)19-33/h4-13,21H,3,14-19H2,1-2H3,(H,31,35). The van der Waals surface area contributed by atoms with Crippen molar-refractivity contribution in [2.45, 2.75) is 45.7 Å². The number of amides is 3. The first-order valence-electron chi connectivity index (χ1n) is 12.6. The highest BCUT2D eigenvalue weighted by Crippen LogP contribution is 2.32. The van der Waals surface area contributed by atoms with E-state index in [2.05, 4.69) is 17.4 Å². The minimum atomic E-state index is -0.135. The fourth-order valence-electron chi connectivity index (χ4n) is 5.12. The van der Waals surface area contributed by atoms with E-state index in [1.54, 1.807) is 0 Å². The Morgan fingerprint density at radius 3 is 2.31 bits per heavy atom. The molecule has 7 nitrogen and oxygen atoms in total.